The van der Waals surface area contributed by atoms with Crippen LogP contribution in [0.3, 0.4) is 0 Å². The molecule has 0 aliphatic carbocycles. The predicted octanol–water partition coefficient (Wildman–Crippen LogP) is 1.92. The fourth-order valence-corrected chi connectivity index (χ4v) is 1.73. The average Bonchev–Trinajstić information content (AvgIpc) is 2.79. The van der Waals surface area contributed by atoms with Crippen LogP contribution in [0.4, 0.5) is 11.5 Å². The number of aromatic nitrogens is 2. The number of nitrogen functional groups attached to an aromatic ring is 1. The molecule has 2 aromatic heterocycles. The number of nitrogens with zero attached hydrogens (tertiary/aromatic N) is 2. The van der Waals surface area contributed by atoms with Crippen LogP contribution in [-0.2, 0) is 7.05 Å². The molecule has 17 heavy (non-hydrogen) atoms. The Labute approximate surface area is 106 Å². The number of nitrogens with two attached hydrogens (primary N) is 1. The van der Waals surface area contributed by atoms with Gasteiger partial charge < -0.3 is 15.5 Å². The minimum atomic E-state index is -0.370. The fourth-order valence-electron chi connectivity index (χ4n) is 1.43. The lowest BCUT2D eigenvalue weighted by atomic mass is 10.3. The molecule has 90 valence electrons. The van der Waals surface area contributed by atoms with Gasteiger partial charge >= 0.3 is 0 Å². The van der Waals surface area contributed by atoms with Crippen molar-refractivity contribution in [3.05, 3.63) is 28.3 Å². The summed E-state index contributed by atoms with van der Waals surface area (Å²) in [6.07, 6.45) is 0. The summed E-state index contributed by atoms with van der Waals surface area (Å²) in [4.78, 5) is 11.8. The quantitative estimate of drug-likeness (QED) is 0.887. The number of nitrogens with one attached hydrogen (secondary N) is 1. The highest BCUT2D eigenvalue weighted by Crippen LogP contribution is 2.22. The molecule has 0 aliphatic rings. The third-order valence-electron chi connectivity index (χ3n) is 2.30. The summed E-state index contributed by atoms with van der Waals surface area (Å²) in [6.45, 7) is 1.77. The molecule has 6 nitrogen and oxygen atoms in total. The van der Waals surface area contributed by atoms with Crippen LogP contribution in [0.1, 0.15) is 16.2 Å². The van der Waals surface area contributed by atoms with Crippen molar-refractivity contribution in [3.63, 3.8) is 0 Å². The number of amides is 1. The van der Waals surface area contributed by atoms with E-state index < -0.39 is 0 Å². The summed E-state index contributed by atoms with van der Waals surface area (Å²) in [7, 11) is 1.71. The number of carbonyl (C=O) groups is 1. The van der Waals surface area contributed by atoms with Crippen LogP contribution in [0, 0.1) is 6.92 Å². The van der Waals surface area contributed by atoms with E-state index in [2.05, 4.69) is 26.3 Å². The third kappa shape index (κ3) is 2.19. The molecule has 0 fully saturated rings. The second-order valence-electron chi connectivity index (χ2n) is 3.53. The standard InChI is InChI=1S/C10H11BrN4O2/c1-5-8(12)9(15(2)14-5)13-10(16)6-3-4-7(11)17-6/h3-4H,12H2,1-2H3,(H,13,16). The highest BCUT2D eigenvalue weighted by Gasteiger charge is 2.16. The first-order valence-electron chi connectivity index (χ1n) is 4.85. The number of furan rings is 1. The molecule has 0 radical (unpaired) electrons. The van der Waals surface area contributed by atoms with E-state index in [0.717, 1.165) is 0 Å². The lowest BCUT2D eigenvalue weighted by Crippen LogP contribution is -2.14. The molecular formula is C10H11BrN4O2. The molecule has 2 heterocycles. The van der Waals surface area contributed by atoms with E-state index in [-0.39, 0.29) is 11.7 Å². The van der Waals surface area contributed by atoms with Crippen LogP contribution in [0.2, 0.25) is 0 Å². The average molecular weight is 299 g/mol. The molecule has 1 amide bonds. The van der Waals surface area contributed by atoms with Crippen LogP contribution in [0.25, 0.3) is 0 Å². The molecule has 0 atom stereocenters. The molecule has 0 aromatic carbocycles. The zero-order valence-corrected chi connectivity index (χ0v) is 10.9. The van der Waals surface area contributed by atoms with Gasteiger partial charge in [0, 0.05) is 7.05 Å². The number of hydrogen-bond acceptors (Lipinski definition) is 4. The molecule has 0 aliphatic heterocycles. The van der Waals surface area contributed by atoms with Crippen molar-refractivity contribution >= 4 is 33.3 Å². The molecule has 0 saturated carbocycles. The molecule has 0 spiro atoms. The van der Waals surface area contributed by atoms with Crippen molar-refractivity contribution in [1.82, 2.24) is 9.78 Å². The maximum atomic E-state index is 11.8. The van der Waals surface area contributed by atoms with Crippen LogP contribution in [0.5, 0.6) is 0 Å². The zero-order chi connectivity index (χ0) is 12.6. The number of aryl methyl sites for hydroxylation is 2. The summed E-state index contributed by atoms with van der Waals surface area (Å²) in [5.41, 5.74) is 6.92. The number of carbonyl (C=O) groups excluding carboxylic acids is 1. The van der Waals surface area contributed by atoms with Gasteiger partial charge in [0.15, 0.2) is 16.2 Å². The summed E-state index contributed by atoms with van der Waals surface area (Å²) in [5.74, 6) is 0.292. The Balaban J connectivity index is 2.24. The van der Waals surface area contributed by atoms with Gasteiger partial charge in [0.05, 0.1) is 11.4 Å². The maximum Gasteiger partial charge on any atom is 0.292 e. The molecule has 0 saturated heterocycles. The van der Waals surface area contributed by atoms with Gasteiger partial charge in [-0.05, 0) is 35.0 Å². The summed E-state index contributed by atoms with van der Waals surface area (Å²) in [6, 6.07) is 3.21. The monoisotopic (exact) mass is 298 g/mol. The smallest absolute Gasteiger partial charge is 0.292 e. The molecule has 0 bridgehead atoms. The summed E-state index contributed by atoms with van der Waals surface area (Å²) in [5, 5.41) is 6.75. The summed E-state index contributed by atoms with van der Waals surface area (Å²) < 4.78 is 7.15. The van der Waals surface area contributed by atoms with Crippen molar-refractivity contribution < 1.29 is 9.21 Å². The number of rotatable bonds is 2. The third-order valence-corrected chi connectivity index (χ3v) is 2.72. The van der Waals surface area contributed by atoms with Gasteiger partial charge in [-0.2, -0.15) is 5.10 Å². The Morgan fingerprint density at radius 1 is 1.59 bits per heavy atom. The van der Waals surface area contributed by atoms with Gasteiger partial charge in [-0.3, -0.25) is 9.48 Å². The normalized spacial score (nSPS) is 10.5. The first-order valence-corrected chi connectivity index (χ1v) is 5.64. The second kappa shape index (κ2) is 4.25. The molecule has 3 N–H and O–H groups in total. The summed E-state index contributed by atoms with van der Waals surface area (Å²) >= 11 is 3.13. The first-order chi connectivity index (χ1) is 7.99. The molecule has 2 rings (SSSR count). The van der Waals surface area contributed by atoms with Crippen LogP contribution >= 0.6 is 15.9 Å². The fraction of sp³-hybridized carbons (Fsp3) is 0.200. The van der Waals surface area contributed by atoms with Gasteiger partial charge in [-0.25, -0.2) is 0 Å². The minimum absolute atomic E-state index is 0.204. The van der Waals surface area contributed by atoms with Crippen molar-refractivity contribution in [2.75, 3.05) is 11.1 Å². The lowest BCUT2D eigenvalue weighted by Gasteiger charge is -2.04. The molecule has 7 heteroatoms. The van der Waals surface area contributed by atoms with E-state index >= 15 is 0 Å². The predicted molar refractivity (Wildman–Crippen MR) is 66.7 cm³/mol. The van der Waals surface area contributed by atoms with E-state index in [4.69, 9.17) is 10.2 Å². The van der Waals surface area contributed by atoms with E-state index in [1.165, 1.54) is 4.68 Å². The maximum absolute atomic E-state index is 11.8. The second-order valence-corrected chi connectivity index (χ2v) is 4.31. The Kier molecular flexibility index (Phi) is 2.93. The molecule has 0 unspecified atom stereocenters. The van der Waals surface area contributed by atoms with E-state index in [9.17, 15) is 4.79 Å². The van der Waals surface area contributed by atoms with Crippen LogP contribution in [-0.4, -0.2) is 15.7 Å². The topological polar surface area (TPSA) is 86.1 Å². The van der Waals surface area contributed by atoms with Crippen molar-refractivity contribution in [1.29, 1.82) is 0 Å². The van der Waals surface area contributed by atoms with Crippen LogP contribution < -0.4 is 11.1 Å². The molecular weight excluding hydrogens is 288 g/mol. The van der Waals surface area contributed by atoms with Gasteiger partial charge in [0.25, 0.3) is 5.91 Å². The van der Waals surface area contributed by atoms with Crippen molar-refractivity contribution in [3.8, 4) is 0 Å². The number of halogens is 1. The Hall–Kier alpha value is -1.76. The van der Waals surface area contributed by atoms with E-state index in [1.54, 1.807) is 26.1 Å². The van der Waals surface area contributed by atoms with E-state index in [1.807, 2.05) is 0 Å². The van der Waals surface area contributed by atoms with Crippen molar-refractivity contribution in [2.45, 2.75) is 6.92 Å². The van der Waals surface area contributed by atoms with Crippen LogP contribution in [0.15, 0.2) is 21.2 Å². The SMILES string of the molecule is Cc1nn(C)c(NC(=O)c2ccc(Br)o2)c1N. The number of hydrogen-bond donors (Lipinski definition) is 2. The lowest BCUT2D eigenvalue weighted by molar-refractivity contribution is 0.0994. The highest BCUT2D eigenvalue weighted by atomic mass is 79.9. The zero-order valence-electron chi connectivity index (χ0n) is 9.32. The van der Waals surface area contributed by atoms with Gasteiger partial charge in [-0.1, -0.05) is 0 Å². The van der Waals surface area contributed by atoms with Gasteiger partial charge in [-0.15, -0.1) is 0 Å². The first kappa shape index (κ1) is 11.7. The van der Waals surface area contributed by atoms with Gasteiger partial charge in [0.2, 0.25) is 0 Å². The highest BCUT2D eigenvalue weighted by molar-refractivity contribution is 9.10. The minimum Gasteiger partial charge on any atom is -0.444 e. The van der Waals surface area contributed by atoms with E-state index in [0.29, 0.717) is 21.9 Å². The van der Waals surface area contributed by atoms with Gasteiger partial charge in [0.1, 0.15) is 0 Å². The van der Waals surface area contributed by atoms with Crippen molar-refractivity contribution in [2.24, 2.45) is 7.05 Å². The number of anilines is 2. The largest absolute Gasteiger partial charge is 0.444 e. The molecule has 2 aromatic rings. The Morgan fingerprint density at radius 2 is 2.29 bits per heavy atom. The Bertz CT molecular complexity index is 573. The Morgan fingerprint density at radius 3 is 2.76 bits per heavy atom.